The number of hydrogen-bond acceptors (Lipinski definition) is 5. The smallest absolute Gasteiger partial charge is 0.234 e. The highest BCUT2D eigenvalue weighted by Crippen LogP contribution is 2.34. The van der Waals surface area contributed by atoms with Crippen molar-refractivity contribution in [3.63, 3.8) is 0 Å². The summed E-state index contributed by atoms with van der Waals surface area (Å²) in [6.45, 7) is 3.93. The molecule has 1 fully saturated rings. The summed E-state index contributed by atoms with van der Waals surface area (Å²) in [5.74, 6) is 1.55. The van der Waals surface area contributed by atoms with Crippen LogP contribution in [0.2, 0.25) is 0 Å². The number of rotatable bonds is 2. The van der Waals surface area contributed by atoms with Gasteiger partial charge in [-0.05, 0) is 26.7 Å². The van der Waals surface area contributed by atoms with Gasteiger partial charge in [0, 0.05) is 5.92 Å². The van der Waals surface area contributed by atoms with E-state index in [2.05, 4.69) is 15.3 Å². The van der Waals surface area contributed by atoms with Crippen molar-refractivity contribution >= 4 is 16.3 Å². The number of aromatic nitrogens is 4. The van der Waals surface area contributed by atoms with Crippen LogP contribution in [-0.2, 0) is 5.54 Å². The van der Waals surface area contributed by atoms with Gasteiger partial charge in [0.1, 0.15) is 5.01 Å². The Bertz CT molecular complexity index is 530. The highest BCUT2D eigenvalue weighted by molar-refractivity contribution is 7.16. The molecule has 5 nitrogen and oxygen atoms in total. The molecule has 2 aromatic rings. The van der Waals surface area contributed by atoms with Gasteiger partial charge in [-0.1, -0.05) is 24.2 Å². The second-order valence-electron chi connectivity index (χ2n) is 5.36. The van der Waals surface area contributed by atoms with Crippen molar-refractivity contribution in [2.24, 2.45) is 5.73 Å². The molecule has 2 N–H and O–H groups in total. The summed E-state index contributed by atoms with van der Waals surface area (Å²) in [7, 11) is 0. The largest absolute Gasteiger partial charge is 0.320 e. The standard InChI is InChI=1S/C11H17N5S/c1-11(2,12)9-15-16-8(7-5-3-4-6-7)13-14-10(16)17-9/h7H,3-6,12H2,1-2H3. The maximum atomic E-state index is 6.07. The molecule has 6 heteroatoms. The van der Waals surface area contributed by atoms with Crippen molar-refractivity contribution in [3.05, 3.63) is 10.8 Å². The first-order valence-electron chi connectivity index (χ1n) is 6.07. The second-order valence-corrected chi connectivity index (χ2v) is 6.32. The van der Waals surface area contributed by atoms with Gasteiger partial charge in [-0.2, -0.15) is 9.61 Å². The summed E-state index contributed by atoms with van der Waals surface area (Å²) in [6, 6.07) is 0. The van der Waals surface area contributed by atoms with E-state index in [1.807, 2.05) is 18.4 Å². The Labute approximate surface area is 104 Å². The summed E-state index contributed by atoms with van der Waals surface area (Å²) in [5, 5.41) is 14.0. The van der Waals surface area contributed by atoms with Crippen LogP contribution in [-0.4, -0.2) is 19.8 Å². The van der Waals surface area contributed by atoms with E-state index in [4.69, 9.17) is 5.73 Å². The molecule has 1 aliphatic carbocycles. The van der Waals surface area contributed by atoms with Crippen LogP contribution in [0.25, 0.3) is 4.96 Å². The number of nitrogens with zero attached hydrogens (tertiary/aromatic N) is 4. The van der Waals surface area contributed by atoms with E-state index in [0.717, 1.165) is 15.8 Å². The Balaban J connectivity index is 2.05. The first-order valence-corrected chi connectivity index (χ1v) is 6.89. The minimum Gasteiger partial charge on any atom is -0.320 e. The topological polar surface area (TPSA) is 69.1 Å². The first kappa shape index (κ1) is 11.1. The molecule has 0 aromatic carbocycles. The van der Waals surface area contributed by atoms with Crippen LogP contribution in [0.5, 0.6) is 0 Å². The van der Waals surface area contributed by atoms with Crippen molar-refractivity contribution < 1.29 is 0 Å². The highest BCUT2D eigenvalue weighted by atomic mass is 32.1. The summed E-state index contributed by atoms with van der Waals surface area (Å²) in [6.07, 6.45) is 5.00. The van der Waals surface area contributed by atoms with Gasteiger partial charge in [0.25, 0.3) is 0 Å². The molecule has 2 aromatic heterocycles. The van der Waals surface area contributed by atoms with E-state index in [1.165, 1.54) is 37.0 Å². The summed E-state index contributed by atoms with van der Waals surface area (Å²) >= 11 is 1.54. The van der Waals surface area contributed by atoms with E-state index in [1.54, 1.807) is 0 Å². The monoisotopic (exact) mass is 251 g/mol. The maximum absolute atomic E-state index is 6.07. The third kappa shape index (κ3) is 1.85. The Morgan fingerprint density at radius 2 is 2.00 bits per heavy atom. The first-order chi connectivity index (χ1) is 8.05. The lowest BCUT2D eigenvalue weighted by atomic mass is 10.1. The lowest BCUT2D eigenvalue weighted by Crippen LogP contribution is -2.28. The molecule has 92 valence electrons. The molecule has 0 atom stereocenters. The van der Waals surface area contributed by atoms with Gasteiger partial charge in [-0.15, -0.1) is 10.2 Å². The fourth-order valence-corrected chi connectivity index (χ4v) is 3.19. The Morgan fingerprint density at radius 1 is 1.29 bits per heavy atom. The zero-order valence-electron chi connectivity index (χ0n) is 10.2. The van der Waals surface area contributed by atoms with Crippen LogP contribution < -0.4 is 5.73 Å². The van der Waals surface area contributed by atoms with Gasteiger partial charge in [-0.3, -0.25) is 0 Å². The molecule has 2 heterocycles. The van der Waals surface area contributed by atoms with E-state index < -0.39 is 5.54 Å². The predicted octanol–water partition coefficient (Wildman–Crippen LogP) is 2.04. The minimum absolute atomic E-state index is 0.404. The fraction of sp³-hybridized carbons (Fsp3) is 0.727. The van der Waals surface area contributed by atoms with Crippen LogP contribution in [0.4, 0.5) is 0 Å². The Kier molecular flexibility index (Phi) is 2.45. The van der Waals surface area contributed by atoms with E-state index in [9.17, 15) is 0 Å². The molecule has 0 spiro atoms. The third-order valence-electron chi connectivity index (χ3n) is 3.29. The predicted molar refractivity (Wildman–Crippen MR) is 67.1 cm³/mol. The number of hydrogen-bond donors (Lipinski definition) is 1. The van der Waals surface area contributed by atoms with Crippen molar-refractivity contribution in [3.8, 4) is 0 Å². The maximum Gasteiger partial charge on any atom is 0.234 e. The van der Waals surface area contributed by atoms with Crippen molar-refractivity contribution in [2.75, 3.05) is 0 Å². The van der Waals surface area contributed by atoms with Gasteiger partial charge in [0.05, 0.1) is 5.54 Å². The van der Waals surface area contributed by atoms with Gasteiger partial charge in [0.15, 0.2) is 5.82 Å². The van der Waals surface area contributed by atoms with E-state index >= 15 is 0 Å². The number of fused-ring (bicyclic) bond motifs is 1. The normalized spacial score (nSPS) is 18.3. The molecule has 17 heavy (non-hydrogen) atoms. The van der Waals surface area contributed by atoms with Crippen molar-refractivity contribution in [2.45, 2.75) is 51.0 Å². The van der Waals surface area contributed by atoms with E-state index in [0.29, 0.717) is 5.92 Å². The molecule has 3 rings (SSSR count). The molecule has 0 unspecified atom stereocenters. The van der Waals surface area contributed by atoms with Crippen molar-refractivity contribution in [1.82, 2.24) is 19.8 Å². The van der Waals surface area contributed by atoms with Gasteiger partial charge in [-0.25, -0.2) is 0 Å². The van der Waals surface area contributed by atoms with Crippen molar-refractivity contribution in [1.29, 1.82) is 0 Å². The van der Waals surface area contributed by atoms with Gasteiger partial charge >= 0.3 is 0 Å². The zero-order valence-corrected chi connectivity index (χ0v) is 11.0. The quantitative estimate of drug-likeness (QED) is 0.886. The van der Waals surface area contributed by atoms with Gasteiger partial charge in [0.2, 0.25) is 4.96 Å². The second kappa shape index (κ2) is 3.74. The number of nitrogens with two attached hydrogens (primary N) is 1. The van der Waals surface area contributed by atoms with Gasteiger partial charge < -0.3 is 5.73 Å². The Morgan fingerprint density at radius 3 is 2.65 bits per heavy atom. The van der Waals surface area contributed by atoms with Crippen LogP contribution in [0.1, 0.15) is 56.3 Å². The molecule has 0 bridgehead atoms. The van der Waals surface area contributed by atoms with Crippen LogP contribution in [0, 0.1) is 0 Å². The minimum atomic E-state index is -0.404. The molecule has 0 radical (unpaired) electrons. The molecule has 1 saturated carbocycles. The molecule has 0 amide bonds. The third-order valence-corrected chi connectivity index (χ3v) is 4.52. The average Bonchev–Trinajstić information content (AvgIpc) is 2.91. The lowest BCUT2D eigenvalue weighted by Gasteiger charge is -2.13. The summed E-state index contributed by atoms with van der Waals surface area (Å²) in [5.41, 5.74) is 5.67. The molecule has 1 aliphatic rings. The van der Waals surface area contributed by atoms with Crippen LogP contribution in [0.15, 0.2) is 0 Å². The Hall–Kier alpha value is -1.01. The molecular formula is C11H17N5S. The molecular weight excluding hydrogens is 234 g/mol. The summed E-state index contributed by atoms with van der Waals surface area (Å²) in [4.78, 5) is 0.862. The molecule has 0 aliphatic heterocycles. The molecule has 0 saturated heterocycles. The van der Waals surface area contributed by atoms with E-state index in [-0.39, 0.29) is 0 Å². The summed E-state index contributed by atoms with van der Waals surface area (Å²) < 4.78 is 1.89. The fourth-order valence-electron chi connectivity index (χ4n) is 2.33. The van der Waals surface area contributed by atoms with Crippen LogP contribution >= 0.6 is 11.3 Å². The zero-order chi connectivity index (χ0) is 12.0. The SMILES string of the molecule is CC(C)(N)c1nn2c(C3CCCC3)nnc2s1. The highest BCUT2D eigenvalue weighted by Gasteiger charge is 2.26. The average molecular weight is 251 g/mol. The lowest BCUT2D eigenvalue weighted by molar-refractivity contribution is 0.534. The van der Waals surface area contributed by atoms with Crippen LogP contribution in [0.3, 0.4) is 0 Å².